The molecule has 3 aromatic rings. The molecule has 0 fully saturated rings. The van der Waals surface area contributed by atoms with E-state index in [0.29, 0.717) is 17.8 Å². The Morgan fingerprint density at radius 2 is 1.79 bits per heavy atom. The van der Waals surface area contributed by atoms with E-state index in [4.69, 9.17) is 5.14 Å². The third-order valence-corrected chi connectivity index (χ3v) is 5.05. The molecule has 0 saturated carbocycles. The maximum absolute atomic E-state index is 12.5. The van der Waals surface area contributed by atoms with Gasteiger partial charge in [0.15, 0.2) is 0 Å². The van der Waals surface area contributed by atoms with Crippen molar-refractivity contribution in [3.63, 3.8) is 0 Å². The highest BCUT2D eigenvalue weighted by atomic mass is 32.2. The predicted molar refractivity (Wildman–Crippen MR) is 107 cm³/mol. The van der Waals surface area contributed by atoms with E-state index in [1.165, 1.54) is 47.2 Å². The average molecular weight is 397 g/mol. The molecular formula is C20H19N3O4S. The molecule has 0 aliphatic carbocycles. The van der Waals surface area contributed by atoms with Crippen LogP contribution in [-0.2, 0) is 16.6 Å². The van der Waals surface area contributed by atoms with Crippen molar-refractivity contribution in [1.82, 2.24) is 4.57 Å². The van der Waals surface area contributed by atoms with Gasteiger partial charge in [0, 0.05) is 18.0 Å². The molecule has 0 radical (unpaired) electrons. The lowest BCUT2D eigenvalue weighted by Gasteiger charge is -2.10. The number of aromatic nitrogens is 1. The van der Waals surface area contributed by atoms with Gasteiger partial charge >= 0.3 is 0 Å². The SMILES string of the molecule is Cc1cccc(Cn2cc(C(=O)Nc3ccc(S(N)(=O)=O)cc3)ccc2=O)c1. The Hall–Kier alpha value is -3.23. The molecule has 3 N–H and O–H groups in total. The molecule has 1 amide bonds. The molecule has 8 heteroatoms. The molecular weight excluding hydrogens is 378 g/mol. The molecule has 0 aliphatic heterocycles. The Bertz CT molecular complexity index is 1180. The van der Waals surface area contributed by atoms with Crippen LogP contribution < -0.4 is 16.0 Å². The van der Waals surface area contributed by atoms with Crippen molar-refractivity contribution in [3.05, 3.63) is 93.9 Å². The molecule has 0 saturated heterocycles. The molecule has 0 unspecified atom stereocenters. The lowest BCUT2D eigenvalue weighted by molar-refractivity contribution is 0.102. The number of nitrogens with two attached hydrogens (primary N) is 1. The van der Waals surface area contributed by atoms with Crippen LogP contribution >= 0.6 is 0 Å². The van der Waals surface area contributed by atoms with Crippen LogP contribution in [0.3, 0.4) is 0 Å². The summed E-state index contributed by atoms with van der Waals surface area (Å²) >= 11 is 0. The second-order valence-corrected chi connectivity index (χ2v) is 7.96. The van der Waals surface area contributed by atoms with Gasteiger partial charge in [-0.05, 0) is 42.8 Å². The highest BCUT2D eigenvalue weighted by molar-refractivity contribution is 7.89. The monoisotopic (exact) mass is 397 g/mol. The molecule has 0 aliphatic rings. The van der Waals surface area contributed by atoms with Crippen LogP contribution in [0, 0.1) is 6.92 Å². The lowest BCUT2D eigenvalue weighted by atomic mass is 10.1. The van der Waals surface area contributed by atoms with Gasteiger partial charge in [-0.25, -0.2) is 13.6 Å². The van der Waals surface area contributed by atoms with E-state index in [2.05, 4.69) is 5.32 Å². The van der Waals surface area contributed by atoms with Gasteiger partial charge in [0.1, 0.15) is 0 Å². The number of nitrogens with one attached hydrogen (secondary N) is 1. The minimum Gasteiger partial charge on any atom is -0.322 e. The fraction of sp³-hybridized carbons (Fsp3) is 0.100. The molecule has 0 atom stereocenters. The van der Waals surface area contributed by atoms with Gasteiger partial charge in [-0.15, -0.1) is 0 Å². The number of benzene rings is 2. The Labute approximate surface area is 162 Å². The van der Waals surface area contributed by atoms with Crippen LogP contribution in [0.5, 0.6) is 0 Å². The summed E-state index contributed by atoms with van der Waals surface area (Å²) < 4.78 is 24.0. The molecule has 28 heavy (non-hydrogen) atoms. The zero-order valence-corrected chi connectivity index (χ0v) is 15.9. The summed E-state index contributed by atoms with van der Waals surface area (Å²) in [6, 6.07) is 16.1. The number of pyridine rings is 1. The maximum Gasteiger partial charge on any atom is 0.257 e. The van der Waals surface area contributed by atoms with Crippen molar-refractivity contribution in [1.29, 1.82) is 0 Å². The van der Waals surface area contributed by atoms with Crippen LogP contribution in [0.4, 0.5) is 5.69 Å². The Morgan fingerprint density at radius 3 is 2.43 bits per heavy atom. The quantitative estimate of drug-likeness (QED) is 0.687. The van der Waals surface area contributed by atoms with Gasteiger partial charge in [-0.2, -0.15) is 0 Å². The number of anilines is 1. The molecule has 7 nitrogen and oxygen atoms in total. The molecule has 144 valence electrons. The number of amides is 1. The van der Waals surface area contributed by atoms with Crippen LogP contribution in [0.1, 0.15) is 21.5 Å². The maximum atomic E-state index is 12.5. The summed E-state index contributed by atoms with van der Waals surface area (Å²) in [5.41, 5.74) is 2.55. The van der Waals surface area contributed by atoms with Gasteiger partial charge in [-0.1, -0.05) is 29.8 Å². The number of rotatable bonds is 5. The van der Waals surface area contributed by atoms with Crippen molar-refractivity contribution < 1.29 is 13.2 Å². The van der Waals surface area contributed by atoms with Crippen LogP contribution in [0.2, 0.25) is 0 Å². The van der Waals surface area contributed by atoms with Crippen LogP contribution in [0.25, 0.3) is 0 Å². The van der Waals surface area contributed by atoms with E-state index in [-0.39, 0.29) is 10.5 Å². The van der Waals surface area contributed by atoms with Gasteiger partial charge < -0.3 is 9.88 Å². The fourth-order valence-corrected chi connectivity index (χ4v) is 3.24. The second-order valence-electron chi connectivity index (χ2n) is 6.40. The molecule has 0 spiro atoms. The fourth-order valence-electron chi connectivity index (χ4n) is 2.73. The number of nitrogens with zero attached hydrogens (tertiary/aromatic N) is 1. The summed E-state index contributed by atoms with van der Waals surface area (Å²) in [5.74, 6) is -0.415. The molecule has 3 rings (SSSR count). The van der Waals surface area contributed by atoms with Crippen molar-refractivity contribution in [2.75, 3.05) is 5.32 Å². The number of hydrogen-bond donors (Lipinski definition) is 2. The van der Waals surface area contributed by atoms with E-state index in [1.807, 2.05) is 31.2 Å². The zero-order chi connectivity index (χ0) is 20.3. The largest absolute Gasteiger partial charge is 0.322 e. The highest BCUT2D eigenvalue weighted by Gasteiger charge is 2.11. The predicted octanol–water partition coefficient (Wildman–Crippen LogP) is 2.10. The Balaban J connectivity index is 1.79. The highest BCUT2D eigenvalue weighted by Crippen LogP contribution is 2.14. The van der Waals surface area contributed by atoms with Crippen molar-refractivity contribution >= 4 is 21.6 Å². The van der Waals surface area contributed by atoms with E-state index in [0.717, 1.165) is 11.1 Å². The average Bonchev–Trinajstić information content (AvgIpc) is 2.63. The summed E-state index contributed by atoms with van der Waals surface area (Å²) in [5, 5.41) is 7.72. The Morgan fingerprint density at radius 1 is 1.07 bits per heavy atom. The van der Waals surface area contributed by atoms with Crippen molar-refractivity contribution in [2.45, 2.75) is 18.4 Å². The number of aryl methyl sites for hydroxylation is 1. The number of sulfonamides is 1. The minimum absolute atomic E-state index is 0.0443. The molecule has 1 aromatic heterocycles. The van der Waals surface area contributed by atoms with E-state index >= 15 is 0 Å². The third-order valence-electron chi connectivity index (χ3n) is 4.12. The molecule has 1 heterocycles. The molecule has 0 bridgehead atoms. The topological polar surface area (TPSA) is 111 Å². The second kappa shape index (κ2) is 7.79. The van der Waals surface area contributed by atoms with Gasteiger partial charge in [0.2, 0.25) is 10.0 Å². The van der Waals surface area contributed by atoms with E-state index < -0.39 is 15.9 Å². The summed E-state index contributed by atoms with van der Waals surface area (Å²) in [6.07, 6.45) is 1.50. The number of hydrogen-bond acceptors (Lipinski definition) is 4. The van der Waals surface area contributed by atoms with Gasteiger partial charge in [-0.3, -0.25) is 9.59 Å². The lowest BCUT2D eigenvalue weighted by Crippen LogP contribution is -2.22. The first-order valence-electron chi connectivity index (χ1n) is 8.43. The number of primary sulfonamides is 1. The summed E-state index contributed by atoms with van der Waals surface area (Å²) in [7, 11) is -3.79. The first-order chi connectivity index (χ1) is 13.2. The minimum atomic E-state index is -3.79. The smallest absolute Gasteiger partial charge is 0.257 e. The first kappa shape index (κ1) is 19.5. The van der Waals surface area contributed by atoms with Crippen LogP contribution in [-0.4, -0.2) is 18.9 Å². The number of carbonyl (C=O) groups is 1. The van der Waals surface area contributed by atoms with Crippen molar-refractivity contribution in [2.24, 2.45) is 5.14 Å². The standard InChI is InChI=1S/C20H19N3O4S/c1-14-3-2-4-15(11-14)12-23-13-16(5-10-19(23)24)20(25)22-17-6-8-18(9-7-17)28(21,26)27/h2-11,13H,12H2,1H3,(H,22,25)(H2,21,26,27). The summed E-state index contributed by atoms with van der Waals surface area (Å²) in [6.45, 7) is 2.32. The third kappa shape index (κ3) is 4.73. The van der Waals surface area contributed by atoms with Crippen molar-refractivity contribution in [3.8, 4) is 0 Å². The first-order valence-corrected chi connectivity index (χ1v) is 9.97. The van der Waals surface area contributed by atoms with E-state index in [9.17, 15) is 18.0 Å². The Kier molecular flexibility index (Phi) is 5.43. The van der Waals surface area contributed by atoms with Gasteiger partial charge in [0.05, 0.1) is 17.0 Å². The summed E-state index contributed by atoms with van der Waals surface area (Å²) in [4.78, 5) is 24.6. The van der Waals surface area contributed by atoms with Gasteiger partial charge in [0.25, 0.3) is 11.5 Å². The molecule has 2 aromatic carbocycles. The van der Waals surface area contributed by atoms with E-state index in [1.54, 1.807) is 0 Å². The normalized spacial score (nSPS) is 11.2. The number of carbonyl (C=O) groups excluding carboxylic acids is 1. The van der Waals surface area contributed by atoms with Crippen LogP contribution in [0.15, 0.2) is 76.6 Å². The zero-order valence-electron chi connectivity index (χ0n) is 15.1.